The number of hydrogen-bond donors (Lipinski definition) is 2. The Morgan fingerprint density at radius 3 is 2.96 bits per heavy atom. The SMILES string of the molecule is C[C@H]1CCCN1c1ncnc(NC2C=C(CS(N)(=O)=O)C=CC2)n1. The number of anilines is 2. The van der Waals surface area contributed by atoms with Gasteiger partial charge in [-0.2, -0.15) is 4.98 Å². The minimum atomic E-state index is -3.54. The molecule has 2 heterocycles. The van der Waals surface area contributed by atoms with Gasteiger partial charge in [0.25, 0.3) is 0 Å². The van der Waals surface area contributed by atoms with Gasteiger partial charge in [0.15, 0.2) is 0 Å². The van der Waals surface area contributed by atoms with E-state index in [4.69, 9.17) is 5.14 Å². The molecule has 0 radical (unpaired) electrons. The van der Waals surface area contributed by atoms with Crippen LogP contribution in [0.3, 0.4) is 0 Å². The fraction of sp³-hybridized carbons (Fsp3) is 0.533. The summed E-state index contributed by atoms with van der Waals surface area (Å²) >= 11 is 0. The van der Waals surface area contributed by atoms with Gasteiger partial charge in [0.05, 0.1) is 11.8 Å². The third kappa shape index (κ3) is 4.30. The molecule has 24 heavy (non-hydrogen) atoms. The van der Waals surface area contributed by atoms with Crippen LogP contribution in [0.15, 0.2) is 30.1 Å². The van der Waals surface area contributed by atoms with E-state index in [9.17, 15) is 8.42 Å². The Morgan fingerprint density at radius 1 is 1.42 bits per heavy atom. The molecule has 1 aromatic heterocycles. The van der Waals surface area contributed by atoms with E-state index in [-0.39, 0.29) is 11.8 Å². The van der Waals surface area contributed by atoms with E-state index < -0.39 is 10.0 Å². The Morgan fingerprint density at radius 2 is 2.25 bits per heavy atom. The van der Waals surface area contributed by atoms with Gasteiger partial charge in [-0.3, -0.25) is 0 Å². The van der Waals surface area contributed by atoms with Crippen LogP contribution in [-0.2, 0) is 10.0 Å². The maximum Gasteiger partial charge on any atom is 0.230 e. The molecule has 1 saturated heterocycles. The second kappa shape index (κ2) is 6.86. The molecule has 8 nitrogen and oxygen atoms in total. The highest BCUT2D eigenvalue weighted by atomic mass is 32.2. The lowest BCUT2D eigenvalue weighted by Crippen LogP contribution is -2.29. The van der Waals surface area contributed by atoms with Crippen molar-refractivity contribution >= 4 is 21.9 Å². The number of aromatic nitrogens is 3. The Kier molecular flexibility index (Phi) is 4.81. The van der Waals surface area contributed by atoms with Crippen LogP contribution in [-0.4, -0.2) is 47.8 Å². The predicted octanol–water partition coefficient (Wildman–Crippen LogP) is 0.816. The summed E-state index contributed by atoms with van der Waals surface area (Å²) in [6.45, 7) is 3.12. The van der Waals surface area contributed by atoms with Gasteiger partial charge in [-0.1, -0.05) is 18.2 Å². The first-order valence-corrected chi connectivity index (χ1v) is 9.72. The first-order chi connectivity index (χ1) is 11.4. The third-order valence-electron chi connectivity index (χ3n) is 4.19. The highest BCUT2D eigenvalue weighted by molar-refractivity contribution is 7.89. The largest absolute Gasteiger partial charge is 0.348 e. The van der Waals surface area contributed by atoms with E-state index in [1.54, 1.807) is 6.08 Å². The summed E-state index contributed by atoms with van der Waals surface area (Å²) in [6.07, 6.45) is 10.1. The van der Waals surface area contributed by atoms with Gasteiger partial charge < -0.3 is 10.2 Å². The molecule has 9 heteroatoms. The summed E-state index contributed by atoms with van der Waals surface area (Å²) in [5.41, 5.74) is 0.670. The predicted molar refractivity (Wildman–Crippen MR) is 93.1 cm³/mol. The third-order valence-corrected chi connectivity index (χ3v) is 4.92. The number of allylic oxidation sites excluding steroid dienone is 1. The number of nitrogens with zero attached hydrogens (tertiary/aromatic N) is 4. The molecule has 2 aliphatic rings. The molecule has 1 aliphatic heterocycles. The fourth-order valence-electron chi connectivity index (χ4n) is 3.07. The van der Waals surface area contributed by atoms with Crippen molar-refractivity contribution in [1.29, 1.82) is 0 Å². The Hall–Kier alpha value is -2.00. The smallest absolute Gasteiger partial charge is 0.230 e. The minimum Gasteiger partial charge on any atom is -0.348 e. The van der Waals surface area contributed by atoms with E-state index in [2.05, 4.69) is 32.1 Å². The lowest BCUT2D eigenvalue weighted by atomic mass is 10.0. The maximum atomic E-state index is 11.2. The molecule has 0 amide bonds. The van der Waals surface area contributed by atoms with Crippen LogP contribution >= 0.6 is 0 Å². The first-order valence-electron chi connectivity index (χ1n) is 8.00. The molecule has 1 aliphatic carbocycles. The molecule has 1 fully saturated rings. The quantitative estimate of drug-likeness (QED) is 0.808. The van der Waals surface area contributed by atoms with Crippen LogP contribution in [0.1, 0.15) is 26.2 Å². The minimum absolute atomic E-state index is 0.0713. The molecule has 2 atom stereocenters. The van der Waals surface area contributed by atoms with Crippen LogP contribution in [0.5, 0.6) is 0 Å². The van der Waals surface area contributed by atoms with Gasteiger partial charge in [0.1, 0.15) is 6.33 Å². The normalized spacial score (nSPS) is 24.1. The highest BCUT2D eigenvalue weighted by Crippen LogP contribution is 2.22. The summed E-state index contributed by atoms with van der Waals surface area (Å²) in [5.74, 6) is 0.998. The van der Waals surface area contributed by atoms with Crippen molar-refractivity contribution in [2.24, 2.45) is 5.14 Å². The Labute approximate surface area is 141 Å². The average molecular weight is 350 g/mol. The van der Waals surface area contributed by atoms with E-state index in [1.165, 1.54) is 6.33 Å². The van der Waals surface area contributed by atoms with Crippen molar-refractivity contribution in [2.75, 3.05) is 22.5 Å². The zero-order valence-corrected chi connectivity index (χ0v) is 14.4. The van der Waals surface area contributed by atoms with Gasteiger partial charge in [-0.15, -0.1) is 0 Å². The van der Waals surface area contributed by atoms with Crippen molar-refractivity contribution in [3.05, 3.63) is 30.1 Å². The zero-order valence-electron chi connectivity index (χ0n) is 13.6. The Bertz CT molecular complexity index is 761. The Balaban J connectivity index is 1.71. The molecule has 1 unspecified atom stereocenters. The zero-order chi connectivity index (χ0) is 17.2. The number of nitrogens with one attached hydrogen (secondary N) is 1. The van der Waals surface area contributed by atoms with E-state index in [0.717, 1.165) is 25.8 Å². The van der Waals surface area contributed by atoms with E-state index >= 15 is 0 Å². The van der Waals surface area contributed by atoms with Gasteiger partial charge in [0.2, 0.25) is 21.9 Å². The second-order valence-electron chi connectivity index (χ2n) is 6.23. The number of sulfonamides is 1. The van der Waals surface area contributed by atoms with Crippen LogP contribution < -0.4 is 15.4 Å². The van der Waals surface area contributed by atoms with E-state index in [0.29, 0.717) is 23.5 Å². The highest BCUT2D eigenvalue weighted by Gasteiger charge is 2.23. The molecule has 3 N–H and O–H groups in total. The second-order valence-corrected chi connectivity index (χ2v) is 7.85. The number of rotatable bonds is 5. The van der Waals surface area contributed by atoms with E-state index in [1.807, 2.05) is 12.2 Å². The molecule has 0 spiro atoms. The first kappa shape index (κ1) is 16.8. The molecule has 130 valence electrons. The van der Waals surface area contributed by atoms with Gasteiger partial charge in [-0.25, -0.2) is 23.5 Å². The van der Waals surface area contributed by atoms with Gasteiger partial charge >= 0.3 is 0 Å². The van der Waals surface area contributed by atoms with Crippen molar-refractivity contribution in [2.45, 2.75) is 38.3 Å². The lowest BCUT2D eigenvalue weighted by Gasteiger charge is -2.22. The molecular weight excluding hydrogens is 328 g/mol. The van der Waals surface area contributed by atoms with Crippen LogP contribution in [0, 0.1) is 0 Å². The lowest BCUT2D eigenvalue weighted by molar-refractivity contribution is 0.600. The summed E-state index contributed by atoms with van der Waals surface area (Å²) < 4.78 is 22.5. The summed E-state index contributed by atoms with van der Waals surface area (Å²) in [6, 6.07) is 0.358. The summed E-state index contributed by atoms with van der Waals surface area (Å²) in [4.78, 5) is 15.1. The fourth-order valence-corrected chi connectivity index (χ4v) is 3.73. The average Bonchev–Trinajstić information content (AvgIpc) is 2.92. The van der Waals surface area contributed by atoms with Crippen molar-refractivity contribution < 1.29 is 8.42 Å². The molecule has 0 saturated carbocycles. The van der Waals surface area contributed by atoms with Crippen molar-refractivity contribution in [3.63, 3.8) is 0 Å². The molecular formula is C15H22N6O2S. The van der Waals surface area contributed by atoms with Crippen molar-refractivity contribution in [3.8, 4) is 0 Å². The van der Waals surface area contributed by atoms with Crippen LogP contribution in [0.2, 0.25) is 0 Å². The summed E-state index contributed by atoms with van der Waals surface area (Å²) in [5, 5.41) is 8.33. The number of primary sulfonamides is 1. The molecule has 0 aromatic carbocycles. The van der Waals surface area contributed by atoms with Crippen LogP contribution in [0.25, 0.3) is 0 Å². The number of hydrogen-bond acceptors (Lipinski definition) is 7. The standard InChI is InChI=1S/C15H22N6O2S/c1-11-4-3-7-21(11)15-18-10-17-14(20-15)19-13-6-2-5-12(8-13)9-24(16,22)23/h2,5,8,10-11,13H,3-4,6-7,9H2,1H3,(H2,16,22,23)(H,17,18,19,20)/t11-,13?/m0/s1. The van der Waals surface area contributed by atoms with Crippen molar-refractivity contribution in [1.82, 2.24) is 15.0 Å². The summed E-state index contributed by atoms with van der Waals surface area (Å²) in [7, 11) is -3.54. The molecule has 3 rings (SSSR count). The molecule has 0 bridgehead atoms. The topological polar surface area (TPSA) is 114 Å². The van der Waals surface area contributed by atoms with Crippen LogP contribution in [0.4, 0.5) is 11.9 Å². The maximum absolute atomic E-state index is 11.2. The number of nitrogens with two attached hydrogens (primary N) is 1. The monoisotopic (exact) mass is 350 g/mol. The molecule has 1 aromatic rings. The van der Waals surface area contributed by atoms with Gasteiger partial charge in [0, 0.05) is 12.6 Å². The van der Waals surface area contributed by atoms with Gasteiger partial charge in [-0.05, 0) is 31.8 Å².